The van der Waals surface area contributed by atoms with Gasteiger partial charge in [0.25, 0.3) is 5.91 Å². The highest BCUT2D eigenvalue weighted by Gasteiger charge is 2.22. The Morgan fingerprint density at radius 3 is 2.35 bits per heavy atom. The van der Waals surface area contributed by atoms with E-state index in [0.717, 1.165) is 27.8 Å². The number of hydrogen-bond donors (Lipinski definition) is 0. The van der Waals surface area contributed by atoms with Gasteiger partial charge in [-0.2, -0.15) is 0 Å². The fraction of sp³-hybridized carbons (Fsp3) is 0.0870. The maximum Gasteiger partial charge on any atom is 0.294 e. The molecule has 0 atom stereocenters. The lowest BCUT2D eigenvalue weighted by atomic mass is 10.1. The summed E-state index contributed by atoms with van der Waals surface area (Å²) >= 11 is 0. The Kier molecular flexibility index (Phi) is 4.28. The number of furan rings is 1. The zero-order valence-corrected chi connectivity index (χ0v) is 14.6. The Morgan fingerprint density at radius 1 is 0.885 bits per heavy atom. The number of carbonyl (C=O) groups excluding carboxylic acids is 1. The van der Waals surface area contributed by atoms with Crippen molar-refractivity contribution in [2.75, 3.05) is 4.90 Å². The van der Waals surface area contributed by atoms with Crippen LogP contribution in [0.2, 0.25) is 0 Å². The standard InChI is InChI=1S/C23H19NO2/c1-17-9-5-6-11-19(17)16-24(20-12-3-2-4-13-20)23(25)22-15-18-10-7-8-14-21(18)26-22/h2-15H,16H2,1H3. The summed E-state index contributed by atoms with van der Waals surface area (Å²) in [5.41, 5.74) is 3.84. The van der Waals surface area contributed by atoms with E-state index in [4.69, 9.17) is 4.42 Å². The van der Waals surface area contributed by atoms with Crippen LogP contribution in [0.1, 0.15) is 21.7 Å². The minimum atomic E-state index is -0.143. The summed E-state index contributed by atoms with van der Waals surface area (Å²) in [5, 5.41) is 0.930. The third kappa shape index (κ3) is 3.11. The summed E-state index contributed by atoms with van der Waals surface area (Å²) in [6.07, 6.45) is 0. The van der Waals surface area contributed by atoms with Gasteiger partial charge in [0.1, 0.15) is 5.58 Å². The number of benzene rings is 3. The second-order valence-electron chi connectivity index (χ2n) is 6.30. The summed E-state index contributed by atoms with van der Waals surface area (Å²) in [4.78, 5) is 15.0. The number of aryl methyl sites for hydroxylation is 1. The maximum atomic E-state index is 13.3. The molecule has 0 aliphatic rings. The van der Waals surface area contributed by atoms with Crippen molar-refractivity contribution in [3.05, 3.63) is 102 Å². The van der Waals surface area contributed by atoms with Crippen LogP contribution in [-0.2, 0) is 6.54 Å². The quantitative estimate of drug-likeness (QED) is 0.485. The van der Waals surface area contributed by atoms with Gasteiger partial charge in [-0.05, 0) is 42.3 Å². The van der Waals surface area contributed by atoms with Gasteiger partial charge in [0.05, 0.1) is 6.54 Å². The van der Waals surface area contributed by atoms with Crippen LogP contribution < -0.4 is 4.90 Å². The SMILES string of the molecule is Cc1ccccc1CN(C(=O)c1cc2ccccc2o1)c1ccccc1. The Balaban J connectivity index is 1.74. The van der Waals surface area contributed by atoms with Gasteiger partial charge in [0, 0.05) is 11.1 Å². The fourth-order valence-electron chi connectivity index (χ4n) is 3.07. The van der Waals surface area contributed by atoms with Crippen molar-refractivity contribution >= 4 is 22.6 Å². The molecule has 4 aromatic rings. The molecule has 0 N–H and O–H groups in total. The van der Waals surface area contributed by atoms with Crippen LogP contribution in [-0.4, -0.2) is 5.91 Å². The number of rotatable bonds is 4. The largest absolute Gasteiger partial charge is 0.451 e. The van der Waals surface area contributed by atoms with Crippen molar-refractivity contribution in [3.8, 4) is 0 Å². The molecular weight excluding hydrogens is 322 g/mol. The molecule has 0 radical (unpaired) electrons. The van der Waals surface area contributed by atoms with Gasteiger partial charge in [0.15, 0.2) is 5.76 Å². The molecule has 1 aromatic heterocycles. The molecule has 0 saturated heterocycles. The summed E-state index contributed by atoms with van der Waals surface area (Å²) in [5.74, 6) is 0.208. The Labute approximate surface area is 152 Å². The molecule has 26 heavy (non-hydrogen) atoms. The van der Waals surface area contributed by atoms with Crippen molar-refractivity contribution in [3.63, 3.8) is 0 Å². The smallest absolute Gasteiger partial charge is 0.294 e. The number of carbonyl (C=O) groups is 1. The molecule has 1 heterocycles. The number of anilines is 1. The van der Waals surface area contributed by atoms with Crippen LogP contribution >= 0.6 is 0 Å². The first-order valence-electron chi connectivity index (χ1n) is 8.62. The molecule has 0 aliphatic carbocycles. The third-order valence-corrected chi connectivity index (χ3v) is 4.54. The lowest BCUT2D eigenvalue weighted by Gasteiger charge is -2.23. The van der Waals surface area contributed by atoms with Crippen molar-refractivity contribution in [2.24, 2.45) is 0 Å². The number of amides is 1. The number of para-hydroxylation sites is 2. The molecule has 3 nitrogen and oxygen atoms in total. The Bertz CT molecular complexity index is 1020. The van der Waals surface area contributed by atoms with Crippen molar-refractivity contribution < 1.29 is 9.21 Å². The average molecular weight is 341 g/mol. The molecule has 0 bridgehead atoms. The third-order valence-electron chi connectivity index (χ3n) is 4.54. The molecule has 0 fully saturated rings. The number of fused-ring (bicyclic) bond motifs is 1. The van der Waals surface area contributed by atoms with E-state index < -0.39 is 0 Å². The van der Waals surface area contributed by atoms with Gasteiger partial charge in [-0.1, -0.05) is 60.7 Å². The lowest BCUT2D eigenvalue weighted by Crippen LogP contribution is -2.30. The summed E-state index contributed by atoms with van der Waals surface area (Å²) in [6.45, 7) is 2.55. The summed E-state index contributed by atoms with van der Waals surface area (Å²) < 4.78 is 5.81. The highest BCUT2D eigenvalue weighted by atomic mass is 16.3. The van der Waals surface area contributed by atoms with Gasteiger partial charge in [-0.25, -0.2) is 0 Å². The first-order valence-corrected chi connectivity index (χ1v) is 8.62. The van der Waals surface area contributed by atoms with Gasteiger partial charge >= 0.3 is 0 Å². The first-order chi connectivity index (χ1) is 12.7. The van der Waals surface area contributed by atoms with E-state index in [-0.39, 0.29) is 5.91 Å². The van der Waals surface area contributed by atoms with Gasteiger partial charge in [-0.15, -0.1) is 0 Å². The van der Waals surface area contributed by atoms with E-state index in [1.54, 1.807) is 4.90 Å². The van der Waals surface area contributed by atoms with E-state index in [1.165, 1.54) is 0 Å². The van der Waals surface area contributed by atoms with Crippen molar-refractivity contribution in [1.82, 2.24) is 0 Å². The number of hydrogen-bond acceptors (Lipinski definition) is 2. The molecule has 128 valence electrons. The van der Waals surface area contributed by atoms with Gasteiger partial charge in [-0.3, -0.25) is 4.79 Å². The molecule has 0 spiro atoms. The Morgan fingerprint density at radius 2 is 1.58 bits per heavy atom. The lowest BCUT2D eigenvalue weighted by molar-refractivity contribution is 0.0960. The number of nitrogens with zero attached hydrogens (tertiary/aromatic N) is 1. The van der Waals surface area contributed by atoms with Crippen LogP contribution in [0.15, 0.2) is 89.3 Å². The second kappa shape index (κ2) is 6.89. The molecule has 3 aromatic carbocycles. The summed E-state index contributed by atoms with van der Waals surface area (Å²) in [6, 6.07) is 27.3. The van der Waals surface area contributed by atoms with Crippen molar-refractivity contribution in [2.45, 2.75) is 13.5 Å². The van der Waals surface area contributed by atoms with E-state index in [0.29, 0.717) is 12.3 Å². The maximum absolute atomic E-state index is 13.3. The van der Waals surface area contributed by atoms with Crippen LogP contribution in [0.4, 0.5) is 5.69 Å². The minimum Gasteiger partial charge on any atom is -0.451 e. The molecule has 4 rings (SSSR count). The molecule has 3 heteroatoms. The average Bonchev–Trinajstić information content (AvgIpc) is 3.12. The van der Waals surface area contributed by atoms with Crippen LogP contribution in [0.5, 0.6) is 0 Å². The second-order valence-corrected chi connectivity index (χ2v) is 6.30. The van der Waals surface area contributed by atoms with Crippen LogP contribution in [0.3, 0.4) is 0 Å². The van der Waals surface area contributed by atoms with Gasteiger partial charge in [0.2, 0.25) is 0 Å². The topological polar surface area (TPSA) is 33.5 Å². The first kappa shape index (κ1) is 16.2. The van der Waals surface area contributed by atoms with E-state index in [1.807, 2.05) is 72.8 Å². The molecule has 0 saturated carbocycles. The van der Waals surface area contributed by atoms with E-state index in [9.17, 15) is 4.79 Å². The minimum absolute atomic E-state index is 0.143. The zero-order chi connectivity index (χ0) is 17.9. The van der Waals surface area contributed by atoms with E-state index >= 15 is 0 Å². The molecule has 1 amide bonds. The predicted molar refractivity (Wildman–Crippen MR) is 104 cm³/mol. The van der Waals surface area contributed by atoms with Crippen LogP contribution in [0, 0.1) is 6.92 Å². The predicted octanol–water partition coefficient (Wildman–Crippen LogP) is 5.59. The fourth-order valence-corrected chi connectivity index (χ4v) is 3.07. The van der Waals surface area contributed by atoms with Crippen LogP contribution in [0.25, 0.3) is 11.0 Å². The van der Waals surface area contributed by atoms with E-state index in [2.05, 4.69) is 19.1 Å². The normalized spacial score (nSPS) is 10.8. The monoisotopic (exact) mass is 341 g/mol. The highest BCUT2D eigenvalue weighted by Crippen LogP contribution is 2.25. The highest BCUT2D eigenvalue weighted by molar-refractivity contribution is 6.06. The molecule has 0 aliphatic heterocycles. The molecule has 0 unspecified atom stereocenters. The molecular formula is C23H19NO2. The zero-order valence-electron chi connectivity index (χ0n) is 14.6. The van der Waals surface area contributed by atoms with Gasteiger partial charge < -0.3 is 9.32 Å². The van der Waals surface area contributed by atoms with Crippen molar-refractivity contribution in [1.29, 1.82) is 0 Å². The summed E-state index contributed by atoms with van der Waals surface area (Å²) in [7, 11) is 0. The Hall–Kier alpha value is -3.33.